The highest BCUT2D eigenvalue weighted by Crippen LogP contribution is 2.18. The highest BCUT2D eigenvalue weighted by atomic mass is 32.2. The zero-order chi connectivity index (χ0) is 19.2. The summed E-state index contributed by atoms with van der Waals surface area (Å²) in [5.74, 6) is 0.762. The highest BCUT2D eigenvalue weighted by Gasteiger charge is 2.13. The van der Waals surface area contributed by atoms with E-state index in [-0.39, 0.29) is 11.7 Å². The van der Waals surface area contributed by atoms with Gasteiger partial charge in [0.2, 0.25) is 5.91 Å². The Bertz CT molecular complexity index is 910. The van der Waals surface area contributed by atoms with Gasteiger partial charge in [-0.15, -0.1) is 11.8 Å². The minimum atomic E-state index is -0.277. The molecule has 1 aromatic carbocycles. The molecule has 27 heavy (non-hydrogen) atoms. The van der Waals surface area contributed by atoms with E-state index in [2.05, 4.69) is 15.4 Å². The molecule has 0 aliphatic rings. The van der Waals surface area contributed by atoms with Crippen LogP contribution in [0.2, 0.25) is 0 Å². The van der Waals surface area contributed by atoms with Crippen molar-refractivity contribution in [3.8, 4) is 5.82 Å². The fraction of sp³-hybridized carbons (Fsp3) is 0.250. The van der Waals surface area contributed by atoms with E-state index in [1.807, 2.05) is 36.7 Å². The van der Waals surface area contributed by atoms with Crippen LogP contribution in [0.5, 0.6) is 0 Å². The first-order valence-electron chi connectivity index (χ1n) is 8.66. The van der Waals surface area contributed by atoms with Gasteiger partial charge in [0.25, 0.3) is 0 Å². The predicted octanol–water partition coefficient (Wildman–Crippen LogP) is 3.47. The summed E-state index contributed by atoms with van der Waals surface area (Å²) in [7, 11) is 0. The van der Waals surface area contributed by atoms with Gasteiger partial charge in [0.05, 0.1) is 11.4 Å². The fourth-order valence-corrected chi connectivity index (χ4v) is 3.52. The smallest absolute Gasteiger partial charge is 0.230 e. The number of hydrogen-bond acceptors (Lipinski definition) is 4. The fourth-order valence-electron chi connectivity index (χ4n) is 2.80. The average Bonchev–Trinajstić information content (AvgIpc) is 2.96. The van der Waals surface area contributed by atoms with E-state index in [9.17, 15) is 9.18 Å². The van der Waals surface area contributed by atoms with Gasteiger partial charge in [-0.05, 0) is 62.2 Å². The van der Waals surface area contributed by atoms with Crippen LogP contribution < -0.4 is 5.32 Å². The molecule has 0 bridgehead atoms. The summed E-state index contributed by atoms with van der Waals surface area (Å²) in [6, 6.07) is 11.8. The molecule has 5 nitrogen and oxygen atoms in total. The standard InChI is InChI=1S/C20H21FN4OS/c1-14-18(15(2)25(24-14)19-5-3-4-11-22-19)10-12-23-20(26)13-27-17-8-6-16(21)7-9-17/h3-9,11H,10,12-13H2,1-2H3,(H,23,26). The van der Waals surface area contributed by atoms with Crippen molar-refractivity contribution >= 4 is 17.7 Å². The highest BCUT2D eigenvalue weighted by molar-refractivity contribution is 8.00. The minimum absolute atomic E-state index is 0.0447. The maximum absolute atomic E-state index is 12.9. The summed E-state index contributed by atoms with van der Waals surface area (Å²) < 4.78 is 14.7. The maximum atomic E-state index is 12.9. The summed E-state index contributed by atoms with van der Waals surface area (Å²) in [5, 5.41) is 7.50. The van der Waals surface area contributed by atoms with Crippen LogP contribution in [0.1, 0.15) is 17.0 Å². The Morgan fingerprint density at radius 3 is 2.67 bits per heavy atom. The predicted molar refractivity (Wildman–Crippen MR) is 105 cm³/mol. The molecule has 0 saturated carbocycles. The number of hydrogen-bond donors (Lipinski definition) is 1. The van der Waals surface area contributed by atoms with E-state index in [0.717, 1.165) is 27.7 Å². The molecule has 0 unspecified atom stereocenters. The van der Waals surface area contributed by atoms with Crippen molar-refractivity contribution in [1.82, 2.24) is 20.1 Å². The lowest BCUT2D eigenvalue weighted by Gasteiger charge is -2.07. The van der Waals surface area contributed by atoms with Crippen molar-refractivity contribution in [1.29, 1.82) is 0 Å². The number of carbonyl (C=O) groups excluding carboxylic acids is 1. The number of nitrogens with zero attached hydrogens (tertiary/aromatic N) is 3. The van der Waals surface area contributed by atoms with Crippen molar-refractivity contribution in [3.63, 3.8) is 0 Å². The van der Waals surface area contributed by atoms with E-state index in [1.54, 1.807) is 18.3 Å². The number of thioether (sulfide) groups is 1. The van der Waals surface area contributed by atoms with Crippen LogP contribution in [-0.2, 0) is 11.2 Å². The Labute approximate surface area is 162 Å². The van der Waals surface area contributed by atoms with Crippen LogP contribution in [0.3, 0.4) is 0 Å². The molecule has 0 fully saturated rings. The monoisotopic (exact) mass is 384 g/mol. The molecule has 3 rings (SSSR count). The number of halogens is 1. The molecule has 3 aromatic rings. The number of rotatable bonds is 7. The van der Waals surface area contributed by atoms with Gasteiger partial charge < -0.3 is 5.32 Å². The molecule has 140 valence electrons. The lowest BCUT2D eigenvalue weighted by atomic mass is 10.1. The van der Waals surface area contributed by atoms with E-state index in [0.29, 0.717) is 18.7 Å². The van der Waals surface area contributed by atoms with Crippen LogP contribution in [-0.4, -0.2) is 33.0 Å². The van der Waals surface area contributed by atoms with Gasteiger partial charge in [-0.1, -0.05) is 6.07 Å². The zero-order valence-corrected chi connectivity index (χ0v) is 16.1. The van der Waals surface area contributed by atoms with Crippen molar-refractivity contribution in [3.05, 3.63) is 71.4 Å². The van der Waals surface area contributed by atoms with Gasteiger partial charge in [0.15, 0.2) is 5.82 Å². The molecule has 2 heterocycles. The van der Waals surface area contributed by atoms with Crippen LogP contribution in [0.15, 0.2) is 53.6 Å². The molecule has 7 heteroatoms. The summed E-state index contributed by atoms with van der Waals surface area (Å²) in [5.41, 5.74) is 3.08. The third-order valence-electron chi connectivity index (χ3n) is 4.19. The lowest BCUT2D eigenvalue weighted by Crippen LogP contribution is -2.27. The Morgan fingerprint density at radius 1 is 1.19 bits per heavy atom. The van der Waals surface area contributed by atoms with Crippen LogP contribution in [0, 0.1) is 19.7 Å². The van der Waals surface area contributed by atoms with Gasteiger partial charge in [0.1, 0.15) is 5.82 Å². The summed E-state index contributed by atoms with van der Waals surface area (Å²) in [4.78, 5) is 17.2. The Morgan fingerprint density at radius 2 is 1.96 bits per heavy atom. The average molecular weight is 384 g/mol. The van der Waals surface area contributed by atoms with Gasteiger partial charge in [-0.25, -0.2) is 14.1 Å². The van der Waals surface area contributed by atoms with Crippen molar-refractivity contribution in [2.24, 2.45) is 0 Å². The second-order valence-corrected chi connectivity index (χ2v) is 7.14. The van der Waals surface area contributed by atoms with Crippen LogP contribution in [0.25, 0.3) is 5.82 Å². The molecule has 1 amide bonds. The Hall–Kier alpha value is -2.67. The minimum Gasteiger partial charge on any atom is -0.355 e. The van der Waals surface area contributed by atoms with Crippen LogP contribution in [0.4, 0.5) is 4.39 Å². The molecule has 2 aromatic heterocycles. The van der Waals surface area contributed by atoms with Crippen molar-refractivity contribution in [2.45, 2.75) is 25.2 Å². The third-order valence-corrected chi connectivity index (χ3v) is 5.20. The quantitative estimate of drug-likeness (QED) is 0.634. The lowest BCUT2D eigenvalue weighted by molar-refractivity contribution is -0.118. The first-order valence-corrected chi connectivity index (χ1v) is 9.64. The van der Waals surface area contributed by atoms with E-state index < -0.39 is 0 Å². The molecular formula is C20H21FN4OS. The maximum Gasteiger partial charge on any atom is 0.230 e. The normalized spacial score (nSPS) is 10.8. The largest absolute Gasteiger partial charge is 0.355 e. The third kappa shape index (κ3) is 4.95. The Balaban J connectivity index is 1.52. The molecule has 0 aliphatic carbocycles. The van der Waals surface area contributed by atoms with E-state index >= 15 is 0 Å². The molecule has 0 radical (unpaired) electrons. The molecule has 0 saturated heterocycles. The number of amides is 1. The number of nitrogens with one attached hydrogen (secondary N) is 1. The first kappa shape index (κ1) is 19.1. The molecule has 0 spiro atoms. The van der Waals surface area contributed by atoms with Gasteiger partial charge >= 0.3 is 0 Å². The Kier molecular flexibility index (Phi) is 6.24. The molecule has 0 atom stereocenters. The second kappa shape index (κ2) is 8.81. The topological polar surface area (TPSA) is 59.8 Å². The molecular weight excluding hydrogens is 363 g/mol. The number of aromatic nitrogens is 3. The summed E-state index contributed by atoms with van der Waals surface area (Å²) in [6.07, 6.45) is 2.45. The van der Waals surface area contributed by atoms with Crippen molar-refractivity contribution < 1.29 is 9.18 Å². The summed E-state index contributed by atoms with van der Waals surface area (Å²) in [6.45, 7) is 4.52. The first-order chi connectivity index (χ1) is 13.0. The van der Waals surface area contributed by atoms with E-state index in [4.69, 9.17) is 0 Å². The molecule has 0 aliphatic heterocycles. The number of aryl methyl sites for hydroxylation is 1. The number of carbonyl (C=O) groups is 1. The van der Waals surface area contributed by atoms with Crippen molar-refractivity contribution in [2.75, 3.05) is 12.3 Å². The van der Waals surface area contributed by atoms with Gasteiger partial charge in [0, 0.05) is 23.3 Å². The zero-order valence-electron chi connectivity index (χ0n) is 15.3. The SMILES string of the molecule is Cc1nn(-c2ccccn2)c(C)c1CCNC(=O)CSc1ccc(F)cc1. The van der Waals surface area contributed by atoms with E-state index in [1.165, 1.54) is 23.9 Å². The number of pyridine rings is 1. The van der Waals surface area contributed by atoms with Gasteiger partial charge in [-0.2, -0.15) is 5.10 Å². The van der Waals surface area contributed by atoms with Crippen LogP contribution >= 0.6 is 11.8 Å². The molecule has 1 N–H and O–H groups in total. The summed E-state index contributed by atoms with van der Waals surface area (Å²) >= 11 is 1.39. The number of benzene rings is 1. The second-order valence-electron chi connectivity index (χ2n) is 6.09. The van der Waals surface area contributed by atoms with Gasteiger partial charge in [-0.3, -0.25) is 4.79 Å².